The first kappa shape index (κ1) is 15.2. The average Bonchev–Trinajstić information content (AvgIpc) is 3.00. The molecule has 0 aliphatic rings. The van der Waals surface area contributed by atoms with Gasteiger partial charge in [-0.2, -0.15) is 5.10 Å². The highest BCUT2D eigenvalue weighted by atomic mass is 32.2. The van der Waals surface area contributed by atoms with E-state index in [4.69, 9.17) is 0 Å². The molecule has 0 atom stereocenters. The Hall–Kier alpha value is -2.74. The highest BCUT2D eigenvalue weighted by Gasteiger charge is 2.23. The van der Waals surface area contributed by atoms with Crippen molar-refractivity contribution in [2.75, 3.05) is 4.72 Å². The quantitative estimate of drug-likeness (QED) is 0.797. The van der Waals surface area contributed by atoms with Gasteiger partial charge in [0.1, 0.15) is 11.6 Å². The first-order valence-corrected chi connectivity index (χ1v) is 8.02. The molecule has 23 heavy (non-hydrogen) atoms. The Kier molecular flexibility index (Phi) is 3.83. The molecule has 3 aromatic rings. The van der Waals surface area contributed by atoms with Crippen molar-refractivity contribution >= 4 is 15.7 Å². The smallest absolute Gasteiger partial charge is 0.267 e. The summed E-state index contributed by atoms with van der Waals surface area (Å²) in [5.74, 6) is -2.30. The number of sulfonamides is 1. The van der Waals surface area contributed by atoms with Crippen LogP contribution in [0, 0.1) is 11.6 Å². The van der Waals surface area contributed by atoms with Gasteiger partial charge in [-0.25, -0.2) is 21.9 Å². The van der Waals surface area contributed by atoms with Crippen LogP contribution >= 0.6 is 0 Å². The molecule has 0 radical (unpaired) electrons. The lowest BCUT2D eigenvalue weighted by Gasteiger charge is -2.11. The molecular weight excluding hydrogens is 324 g/mol. The Morgan fingerprint density at radius 1 is 1.00 bits per heavy atom. The highest BCUT2D eigenvalue weighted by molar-refractivity contribution is 7.92. The van der Waals surface area contributed by atoms with Gasteiger partial charge in [0.25, 0.3) is 10.0 Å². The second-order valence-electron chi connectivity index (χ2n) is 4.66. The minimum absolute atomic E-state index is 0.167. The van der Waals surface area contributed by atoms with E-state index >= 15 is 0 Å². The predicted molar refractivity (Wildman–Crippen MR) is 80.7 cm³/mol. The van der Waals surface area contributed by atoms with E-state index in [1.54, 1.807) is 30.6 Å². The molecule has 118 valence electrons. The number of benzene rings is 2. The molecule has 0 saturated carbocycles. The molecule has 2 aromatic carbocycles. The van der Waals surface area contributed by atoms with Gasteiger partial charge in [0.15, 0.2) is 4.90 Å². The lowest BCUT2D eigenvalue weighted by molar-refractivity contribution is 0.521. The zero-order valence-electron chi connectivity index (χ0n) is 11.6. The van der Waals surface area contributed by atoms with Crippen molar-refractivity contribution in [3.8, 4) is 5.69 Å². The Balaban J connectivity index is 1.97. The maximum Gasteiger partial charge on any atom is 0.267 e. The molecule has 0 unspecified atom stereocenters. The number of hydrogen-bond donors (Lipinski definition) is 1. The van der Waals surface area contributed by atoms with E-state index in [-0.39, 0.29) is 5.69 Å². The molecule has 0 aliphatic heterocycles. The second kappa shape index (κ2) is 5.81. The van der Waals surface area contributed by atoms with Crippen LogP contribution in [0.1, 0.15) is 0 Å². The van der Waals surface area contributed by atoms with Crippen molar-refractivity contribution in [2.24, 2.45) is 0 Å². The van der Waals surface area contributed by atoms with Crippen LogP contribution in [0.3, 0.4) is 0 Å². The summed E-state index contributed by atoms with van der Waals surface area (Å²) in [6.07, 6.45) is 3.26. The number of aromatic nitrogens is 2. The third-order valence-electron chi connectivity index (χ3n) is 3.05. The SMILES string of the molecule is O=S(=O)(Nc1cccc(-n2cccn2)c1)c1c(F)cccc1F. The molecule has 0 amide bonds. The molecular formula is C15H11F2N3O2S. The molecule has 3 rings (SSSR count). The van der Waals surface area contributed by atoms with E-state index < -0.39 is 26.6 Å². The van der Waals surface area contributed by atoms with Gasteiger partial charge in [-0.3, -0.25) is 4.72 Å². The number of halogens is 2. The van der Waals surface area contributed by atoms with Gasteiger partial charge >= 0.3 is 0 Å². The molecule has 5 nitrogen and oxygen atoms in total. The molecule has 1 heterocycles. The summed E-state index contributed by atoms with van der Waals surface area (Å²) in [5.41, 5.74) is 0.768. The molecule has 0 fully saturated rings. The topological polar surface area (TPSA) is 64.0 Å². The molecule has 0 bridgehead atoms. The lowest BCUT2D eigenvalue weighted by atomic mass is 10.3. The zero-order chi connectivity index (χ0) is 16.4. The molecule has 0 saturated heterocycles. The van der Waals surface area contributed by atoms with Gasteiger partial charge in [-0.1, -0.05) is 12.1 Å². The third kappa shape index (κ3) is 3.07. The minimum Gasteiger partial charge on any atom is -0.279 e. The maximum absolute atomic E-state index is 13.7. The minimum atomic E-state index is -4.39. The summed E-state index contributed by atoms with van der Waals surface area (Å²) in [6, 6.07) is 10.9. The van der Waals surface area contributed by atoms with Crippen molar-refractivity contribution in [1.29, 1.82) is 0 Å². The summed E-state index contributed by atoms with van der Waals surface area (Å²) >= 11 is 0. The molecule has 1 aromatic heterocycles. The van der Waals surface area contributed by atoms with Crippen LogP contribution in [0.15, 0.2) is 65.8 Å². The number of hydrogen-bond acceptors (Lipinski definition) is 3. The van der Waals surface area contributed by atoms with Crippen molar-refractivity contribution in [2.45, 2.75) is 4.90 Å². The van der Waals surface area contributed by atoms with Gasteiger partial charge in [-0.15, -0.1) is 0 Å². The van der Waals surface area contributed by atoms with E-state index in [0.717, 1.165) is 18.2 Å². The van der Waals surface area contributed by atoms with Crippen LogP contribution in [0.2, 0.25) is 0 Å². The van der Waals surface area contributed by atoms with Gasteiger partial charge in [0.05, 0.1) is 11.4 Å². The predicted octanol–water partition coefficient (Wildman–Crippen LogP) is 2.95. The van der Waals surface area contributed by atoms with Gasteiger partial charge in [0.2, 0.25) is 0 Å². The van der Waals surface area contributed by atoms with Crippen molar-refractivity contribution in [1.82, 2.24) is 9.78 Å². The summed E-state index contributed by atoms with van der Waals surface area (Å²) in [6.45, 7) is 0. The van der Waals surface area contributed by atoms with Crippen LogP contribution < -0.4 is 4.72 Å². The summed E-state index contributed by atoms with van der Waals surface area (Å²) in [7, 11) is -4.39. The van der Waals surface area contributed by atoms with E-state index in [9.17, 15) is 17.2 Å². The number of rotatable bonds is 4. The molecule has 0 spiro atoms. The Labute approximate surface area is 131 Å². The number of nitrogens with one attached hydrogen (secondary N) is 1. The molecule has 1 N–H and O–H groups in total. The van der Waals surface area contributed by atoms with E-state index in [0.29, 0.717) is 5.69 Å². The standard InChI is InChI=1S/C15H11F2N3O2S/c16-13-6-2-7-14(17)15(13)23(21,22)19-11-4-1-5-12(10-11)20-9-3-8-18-20/h1-10,19H. The van der Waals surface area contributed by atoms with E-state index in [2.05, 4.69) is 9.82 Å². The fraction of sp³-hybridized carbons (Fsp3) is 0. The fourth-order valence-corrected chi connectivity index (χ4v) is 3.27. The summed E-state index contributed by atoms with van der Waals surface area (Å²) < 4.78 is 55.5. The van der Waals surface area contributed by atoms with Crippen molar-refractivity contribution in [3.05, 3.63) is 72.6 Å². The van der Waals surface area contributed by atoms with Crippen molar-refractivity contribution in [3.63, 3.8) is 0 Å². The van der Waals surface area contributed by atoms with Gasteiger partial charge < -0.3 is 0 Å². The Morgan fingerprint density at radius 2 is 1.70 bits per heavy atom. The first-order chi connectivity index (χ1) is 11.0. The number of nitrogens with zero attached hydrogens (tertiary/aromatic N) is 2. The fourth-order valence-electron chi connectivity index (χ4n) is 2.08. The van der Waals surface area contributed by atoms with Crippen LogP contribution in [0.4, 0.5) is 14.5 Å². The Bertz CT molecular complexity index is 921. The van der Waals surface area contributed by atoms with Crippen LogP contribution in [0.25, 0.3) is 5.69 Å². The summed E-state index contributed by atoms with van der Waals surface area (Å²) in [5, 5.41) is 4.03. The molecule has 8 heteroatoms. The van der Waals surface area contributed by atoms with Crippen LogP contribution in [0.5, 0.6) is 0 Å². The van der Waals surface area contributed by atoms with Gasteiger partial charge in [0, 0.05) is 12.4 Å². The highest BCUT2D eigenvalue weighted by Crippen LogP contribution is 2.22. The van der Waals surface area contributed by atoms with Crippen LogP contribution in [-0.2, 0) is 10.0 Å². The second-order valence-corrected chi connectivity index (χ2v) is 6.28. The van der Waals surface area contributed by atoms with Crippen LogP contribution in [-0.4, -0.2) is 18.2 Å². The average molecular weight is 335 g/mol. The first-order valence-electron chi connectivity index (χ1n) is 6.54. The lowest BCUT2D eigenvalue weighted by Crippen LogP contribution is -2.16. The number of anilines is 1. The van der Waals surface area contributed by atoms with E-state index in [1.165, 1.54) is 16.8 Å². The molecule has 0 aliphatic carbocycles. The maximum atomic E-state index is 13.7. The monoisotopic (exact) mass is 335 g/mol. The third-order valence-corrected chi connectivity index (χ3v) is 4.49. The Morgan fingerprint density at radius 3 is 2.35 bits per heavy atom. The largest absolute Gasteiger partial charge is 0.279 e. The van der Waals surface area contributed by atoms with E-state index in [1.807, 2.05) is 0 Å². The summed E-state index contributed by atoms with van der Waals surface area (Å²) in [4.78, 5) is -1.01. The normalized spacial score (nSPS) is 11.4. The van der Waals surface area contributed by atoms with Gasteiger partial charge in [-0.05, 0) is 36.4 Å². The van der Waals surface area contributed by atoms with Crippen molar-refractivity contribution < 1.29 is 17.2 Å². The zero-order valence-corrected chi connectivity index (χ0v) is 12.5.